The van der Waals surface area contributed by atoms with Gasteiger partial charge in [0.1, 0.15) is 11.4 Å². The maximum Gasteiger partial charge on any atom is 0.273 e. The topological polar surface area (TPSA) is 69.0 Å². The summed E-state index contributed by atoms with van der Waals surface area (Å²) in [6.07, 6.45) is 2.43. The van der Waals surface area contributed by atoms with Crippen molar-refractivity contribution in [2.24, 2.45) is 7.05 Å². The van der Waals surface area contributed by atoms with Crippen LogP contribution in [0.3, 0.4) is 0 Å². The normalized spacial score (nSPS) is 10.7. The molecule has 6 nitrogen and oxygen atoms in total. The minimum absolute atomic E-state index is 0.200. The van der Waals surface area contributed by atoms with E-state index in [0.29, 0.717) is 11.4 Å². The Hall–Kier alpha value is -2.89. The van der Waals surface area contributed by atoms with Crippen LogP contribution in [0.1, 0.15) is 23.1 Å². The van der Waals surface area contributed by atoms with Gasteiger partial charge < -0.3 is 10.1 Å². The van der Waals surface area contributed by atoms with Crippen LogP contribution in [0.5, 0.6) is 5.75 Å². The second kappa shape index (κ2) is 6.08. The van der Waals surface area contributed by atoms with Crippen molar-refractivity contribution in [2.75, 3.05) is 12.4 Å². The lowest BCUT2D eigenvalue weighted by Gasteiger charge is -2.07. The first-order chi connectivity index (χ1) is 11.1. The number of hydrogen-bond donors (Lipinski definition) is 1. The van der Waals surface area contributed by atoms with E-state index in [9.17, 15) is 4.79 Å². The Morgan fingerprint density at radius 1 is 1.30 bits per heavy atom. The van der Waals surface area contributed by atoms with Gasteiger partial charge in [0.15, 0.2) is 0 Å². The van der Waals surface area contributed by atoms with Crippen LogP contribution in [0.15, 0.2) is 36.5 Å². The maximum atomic E-state index is 12.4. The van der Waals surface area contributed by atoms with Gasteiger partial charge in [-0.05, 0) is 30.7 Å². The average molecular weight is 310 g/mol. The van der Waals surface area contributed by atoms with Gasteiger partial charge in [-0.25, -0.2) is 0 Å². The van der Waals surface area contributed by atoms with Gasteiger partial charge in [-0.2, -0.15) is 5.10 Å². The highest BCUT2D eigenvalue weighted by Gasteiger charge is 2.13. The fourth-order valence-corrected chi connectivity index (χ4v) is 2.40. The Morgan fingerprint density at radius 2 is 2.13 bits per heavy atom. The summed E-state index contributed by atoms with van der Waals surface area (Å²) in [7, 11) is 3.38. The highest BCUT2D eigenvalue weighted by molar-refractivity contribution is 6.03. The molecule has 0 aliphatic rings. The number of rotatable bonds is 4. The number of aromatic nitrogens is 3. The van der Waals surface area contributed by atoms with Crippen LogP contribution in [-0.4, -0.2) is 27.8 Å². The first-order valence-corrected chi connectivity index (χ1v) is 7.38. The number of nitrogens with zero attached hydrogens (tertiary/aromatic N) is 3. The Morgan fingerprint density at radius 3 is 2.83 bits per heavy atom. The van der Waals surface area contributed by atoms with E-state index in [1.807, 2.05) is 31.2 Å². The molecular weight excluding hydrogens is 292 g/mol. The number of carbonyl (C=O) groups is 1. The molecule has 118 valence electrons. The molecular formula is C17H18N4O2. The number of methoxy groups -OCH3 is 1. The molecule has 23 heavy (non-hydrogen) atoms. The summed E-state index contributed by atoms with van der Waals surface area (Å²) in [6, 6.07) is 9.32. The minimum Gasteiger partial charge on any atom is -0.497 e. The molecule has 6 heteroatoms. The molecule has 0 aliphatic carbocycles. The number of benzene rings is 1. The zero-order valence-corrected chi connectivity index (χ0v) is 13.3. The van der Waals surface area contributed by atoms with Crippen molar-refractivity contribution in [1.29, 1.82) is 0 Å². The molecule has 0 atom stereocenters. The van der Waals surface area contributed by atoms with Crippen molar-refractivity contribution in [3.63, 3.8) is 0 Å². The highest BCUT2D eigenvalue weighted by atomic mass is 16.5. The lowest BCUT2D eigenvalue weighted by Crippen LogP contribution is -2.16. The number of amides is 1. The Kier molecular flexibility index (Phi) is 3.97. The standard InChI is InChI=1S/C17H18N4O2/c1-4-12-8-16(21(2)20-12)17(22)19-13-7-11-5-6-14(23-3)9-15(11)18-10-13/h5-10H,4H2,1-3H3,(H,19,22). The predicted molar refractivity (Wildman–Crippen MR) is 88.8 cm³/mol. The van der Waals surface area contributed by atoms with Crippen molar-refractivity contribution in [2.45, 2.75) is 13.3 Å². The van der Waals surface area contributed by atoms with Gasteiger partial charge in [0.2, 0.25) is 0 Å². The molecule has 0 saturated carbocycles. The molecule has 0 spiro atoms. The van der Waals surface area contributed by atoms with Gasteiger partial charge in [-0.15, -0.1) is 0 Å². The van der Waals surface area contributed by atoms with Gasteiger partial charge in [0.25, 0.3) is 5.91 Å². The fourth-order valence-electron chi connectivity index (χ4n) is 2.40. The number of nitrogens with one attached hydrogen (secondary N) is 1. The molecule has 1 N–H and O–H groups in total. The Bertz CT molecular complexity index is 870. The van der Waals surface area contributed by atoms with Crippen LogP contribution >= 0.6 is 0 Å². The molecule has 0 saturated heterocycles. The van der Waals surface area contributed by atoms with Crippen molar-refractivity contribution in [3.05, 3.63) is 47.9 Å². The third-order valence-corrected chi connectivity index (χ3v) is 3.67. The molecule has 0 bridgehead atoms. The molecule has 1 amide bonds. The molecule has 0 aliphatic heterocycles. The minimum atomic E-state index is -0.200. The van der Waals surface area contributed by atoms with Gasteiger partial charge in [-0.3, -0.25) is 14.5 Å². The van der Waals surface area contributed by atoms with E-state index in [1.165, 1.54) is 0 Å². The molecule has 2 heterocycles. The third kappa shape index (κ3) is 3.01. The summed E-state index contributed by atoms with van der Waals surface area (Å²) < 4.78 is 6.77. The van der Waals surface area contributed by atoms with Crippen LogP contribution in [0.4, 0.5) is 5.69 Å². The summed E-state index contributed by atoms with van der Waals surface area (Å²) in [4.78, 5) is 16.7. The zero-order valence-electron chi connectivity index (χ0n) is 13.3. The van der Waals surface area contributed by atoms with Gasteiger partial charge in [0.05, 0.1) is 30.2 Å². The van der Waals surface area contributed by atoms with E-state index >= 15 is 0 Å². The van der Waals surface area contributed by atoms with Crippen LogP contribution in [0.2, 0.25) is 0 Å². The van der Waals surface area contributed by atoms with Crippen molar-refractivity contribution in [3.8, 4) is 5.75 Å². The number of carbonyl (C=O) groups excluding carboxylic acids is 1. The monoisotopic (exact) mass is 310 g/mol. The van der Waals surface area contributed by atoms with Gasteiger partial charge in [0, 0.05) is 18.5 Å². The fraction of sp³-hybridized carbons (Fsp3) is 0.235. The van der Waals surface area contributed by atoms with Crippen LogP contribution < -0.4 is 10.1 Å². The SMILES string of the molecule is CCc1cc(C(=O)Nc2cnc3cc(OC)ccc3c2)n(C)n1. The number of ether oxygens (including phenoxy) is 1. The Labute approximate surface area is 134 Å². The second-order valence-corrected chi connectivity index (χ2v) is 5.23. The van der Waals surface area contributed by atoms with Gasteiger partial charge >= 0.3 is 0 Å². The quantitative estimate of drug-likeness (QED) is 0.804. The number of hydrogen-bond acceptors (Lipinski definition) is 4. The van der Waals surface area contributed by atoms with Crippen LogP contribution in [0, 0.1) is 0 Å². The Balaban J connectivity index is 1.85. The summed E-state index contributed by atoms with van der Waals surface area (Å²) in [5.74, 6) is 0.554. The van der Waals surface area contributed by atoms with E-state index in [4.69, 9.17) is 4.74 Å². The smallest absolute Gasteiger partial charge is 0.273 e. The summed E-state index contributed by atoms with van der Waals surface area (Å²) in [6.45, 7) is 2.01. The number of pyridine rings is 1. The van der Waals surface area contributed by atoms with Crippen LogP contribution in [0.25, 0.3) is 10.9 Å². The number of fused-ring (bicyclic) bond motifs is 1. The molecule has 0 fully saturated rings. The van der Waals surface area contributed by atoms with E-state index in [-0.39, 0.29) is 5.91 Å². The summed E-state index contributed by atoms with van der Waals surface area (Å²) >= 11 is 0. The predicted octanol–water partition coefficient (Wildman–Crippen LogP) is 2.79. The van der Waals surface area contributed by atoms with E-state index in [0.717, 1.165) is 28.8 Å². The van der Waals surface area contributed by atoms with Crippen molar-refractivity contribution in [1.82, 2.24) is 14.8 Å². The van der Waals surface area contributed by atoms with Crippen molar-refractivity contribution < 1.29 is 9.53 Å². The molecule has 0 radical (unpaired) electrons. The van der Waals surface area contributed by atoms with Crippen LogP contribution in [-0.2, 0) is 13.5 Å². The van der Waals surface area contributed by atoms with E-state index in [2.05, 4.69) is 15.4 Å². The molecule has 3 rings (SSSR count). The lowest BCUT2D eigenvalue weighted by molar-refractivity contribution is 0.101. The van der Waals surface area contributed by atoms with E-state index < -0.39 is 0 Å². The molecule has 1 aromatic carbocycles. The third-order valence-electron chi connectivity index (χ3n) is 3.67. The zero-order chi connectivity index (χ0) is 16.4. The summed E-state index contributed by atoms with van der Waals surface area (Å²) in [5, 5.41) is 8.08. The molecule has 2 aromatic heterocycles. The van der Waals surface area contributed by atoms with E-state index in [1.54, 1.807) is 31.1 Å². The molecule has 0 unspecified atom stereocenters. The lowest BCUT2D eigenvalue weighted by atomic mass is 10.2. The number of anilines is 1. The first-order valence-electron chi connectivity index (χ1n) is 7.38. The van der Waals surface area contributed by atoms with Crippen molar-refractivity contribution >= 4 is 22.5 Å². The average Bonchev–Trinajstić information content (AvgIpc) is 2.95. The highest BCUT2D eigenvalue weighted by Crippen LogP contribution is 2.22. The number of aryl methyl sites for hydroxylation is 2. The maximum absolute atomic E-state index is 12.4. The molecule has 3 aromatic rings. The van der Waals surface area contributed by atoms with Gasteiger partial charge in [-0.1, -0.05) is 6.92 Å². The summed E-state index contributed by atoms with van der Waals surface area (Å²) in [5.41, 5.74) is 2.88. The second-order valence-electron chi connectivity index (χ2n) is 5.23. The largest absolute Gasteiger partial charge is 0.497 e. The first kappa shape index (κ1) is 15.0.